The number of nitrogens with one attached hydrogen (secondary N) is 1. The van der Waals surface area contributed by atoms with Crippen LogP contribution in [0.4, 0.5) is 4.39 Å². The zero-order valence-corrected chi connectivity index (χ0v) is 10.5. The molecule has 0 aromatic carbocycles. The van der Waals surface area contributed by atoms with Crippen molar-refractivity contribution >= 4 is 17.5 Å². The van der Waals surface area contributed by atoms with Crippen molar-refractivity contribution in [3.63, 3.8) is 0 Å². The van der Waals surface area contributed by atoms with Gasteiger partial charge < -0.3 is 5.32 Å². The number of nitrogens with zero attached hydrogens (tertiary/aromatic N) is 1. The molecule has 1 heterocycles. The highest BCUT2D eigenvalue weighted by Gasteiger charge is 2.39. The number of pyridine rings is 1. The minimum absolute atomic E-state index is 0.0236. The van der Waals surface area contributed by atoms with Crippen molar-refractivity contribution in [3.8, 4) is 0 Å². The van der Waals surface area contributed by atoms with Crippen LogP contribution in [0, 0.1) is 11.7 Å². The first kappa shape index (κ1) is 12.3. The predicted octanol–water partition coefficient (Wildman–Crippen LogP) is 2.79. The van der Waals surface area contributed by atoms with Gasteiger partial charge in [-0.3, -0.25) is 4.79 Å². The van der Waals surface area contributed by atoms with Crippen LogP contribution in [-0.4, -0.2) is 16.4 Å². The third-order valence-corrected chi connectivity index (χ3v) is 3.39. The maximum absolute atomic E-state index is 13.0. The number of aromatic nitrogens is 1. The van der Waals surface area contributed by atoms with E-state index in [9.17, 15) is 9.18 Å². The van der Waals surface area contributed by atoms with Gasteiger partial charge in [0.1, 0.15) is 11.0 Å². The molecule has 5 heteroatoms. The summed E-state index contributed by atoms with van der Waals surface area (Å²) in [6.45, 7) is 3.92. The van der Waals surface area contributed by atoms with Crippen molar-refractivity contribution in [1.29, 1.82) is 0 Å². The zero-order valence-electron chi connectivity index (χ0n) is 9.76. The Morgan fingerprint density at radius 2 is 2.24 bits per heavy atom. The van der Waals surface area contributed by atoms with Crippen molar-refractivity contribution in [2.24, 2.45) is 5.92 Å². The van der Waals surface area contributed by atoms with Crippen LogP contribution in [0.1, 0.15) is 37.0 Å². The van der Waals surface area contributed by atoms with Gasteiger partial charge in [-0.25, -0.2) is 9.37 Å². The Morgan fingerprint density at radius 3 is 2.82 bits per heavy atom. The average molecular weight is 257 g/mol. The molecule has 1 fully saturated rings. The van der Waals surface area contributed by atoms with E-state index < -0.39 is 5.82 Å². The van der Waals surface area contributed by atoms with Crippen LogP contribution in [0.25, 0.3) is 0 Å². The van der Waals surface area contributed by atoms with Crippen LogP contribution >= 0.6 is 11.6 Å². The third-order valence-electron chi connectivity index (χ3n) is 3.08. The largest absolute Gasteiger partial charge is 0.347 e. The van der Waals surface area contributed by atoms with Gasteiger partial charge in [-0.15, -0.1) is 0 Å². The molecule has 1 aliphatic carbocycles. The quantitative estimate of drug-likeness (QED) is 0.845. The molecule has 0 atom stereocenters. The fraction of sp³-hybridized carbons (Fsp3) is 0.500. The molecule has 0 aliphatic heterocycles. The minimum Gasteiger partial charge on any atom is -0.347 e. The van der Waals surface area contributed by atoms with E-state index >= 15 is 0 Å². The highest BCUT2D eigenvalue weighted by Crippen LogP contribution is 2.39. The highest BCUT2D eigenvalue weighted by atomic mass is 35.5. The number of carbonyl (C=O) groups is 1. The lowest BCUT2D eigenvalue weighted by Gasteiger charge is -2.26. The first-order valence-electron chi connectivity index (χ1n) is 5.54. The molecule has 1 saturated carbocycles. The Labute approximate surface area is 104 Å². The van der Waals surface area contributed by atoms with Gasteiger partial charge in [0, 0.05) is 5.54 Å². The van der Waals surface area contributed by atoms with E-state index in [4.69, 9.17) is 11.6 Å². The Bertz CT molecular complexity index is 458. The molecular weight excluding hydrogens is 243 g/mol. The van der Waals surface area contributed by atoms with Crippen LogP contribution in [0.2, 0.25) is 5.15 Å². The maximum atomic E-state index is 13.0. The number of amides is 1. The predicted molar refractivity (Wildman–Crippen MR) is 63.5 cm³/mol. The lowest BCUT2D eigenvalue weighted by Crippen LogP contribution is -2.45. The summed E-state index contributed by atoms with van der Waals surface area (Å²) in [6.07, 6.45) is 3.22. The fourth-order valence-electron chi connectivity index (χ4n) is 1.85. The molecule has 0 unspecified atom stereocenters. The van der Waals surface area contributed by atoms with E-state index in [0.717, 1.165) is 25.1 Å². The molecule has 0 radical (unpaired) electrons. The first-order chi connectivity index (χ1) is 7.90. The summed E-state index contributed by atoms with van der Waals surface area (Å²) in [5.74, 6) is -0.450. The van der Waals surface area contributed by atoms with Gasteiger partial charge in [0.15, 0.2) is 0 Å². The zero-order chi connectivity index (χ0) is 12.6. The Hall–Kier alpha value is -1.16. The standard InChI is InChI=1S/C12H14ClFN2O/c1-12(2,7-3-4-7)16-11(17)9-5-8(14)6-15-10(9)13/h5-7H,3-4H2,1-2H3,(H,16,17). The molecular formula is C12H14ClFN2O. The van der Waals surface area contributed by atoms with Crippen LogP contribution in [-0.2, 0) is 0 Å². The lowest BCUT2D eigenvalue weighted by molar-refractivity contribution is 0.0902. The number of rotatable bonds is 3. The van der Waals surface area contributed by atoms with Crippen molar-refractivity contribution in [1.82, 2.24) is 10.3 Å². The van der Waals surface area contributed by atoms with Crippen LogP contribution in [0.15, 0.2) is 12.3 Å². The van der Waals surface area contributed by atoms with Gasteiger partial charge >= 0.3 is 0 Å². The van der Waals surface area contributed by atoms with Gasteiger partial charge in [0.05, 0.1) is 11.8 Å². The molecule has 17 heavy (non-hydrogen) atoms. The number of hydrogen-bond donors (Lipinski definition) is 1. The van der Waals surface area contributed by atoms with Crippen molar-refractivity contribution < 1.29 is 9.18 Å². The van der Waals surface area contributed by atoms with Crippen molar-refractivity contribution in [2.45, 2.75) is 32.2 Å². The average Bonchev–Trinajstić information content (AvgIpc) is 3.04. The Kier molecular flexibility index (Phi) is 3.08. The van der Waals surface area contributed by atoms with Gasteiger partial charge in [-0.1, -0.05) is 11.6 Å². The van der Waals surface area contributed by atoms with E-state index in [1.54, 1.807) is 0 Å². The van der Waals surface area contributed by atoms with Crippen LogP contribution in [0.3, 0.4) is 0 Å². The normalized spacial score (nSPS) is 15.8. The molecule has 2 rings (SSSR count). The second kappa shape index (κ2) is 4.26. The van der Waals surface area contributed by atoms with E-state index in [-0.39, 0.29) is 22.2 Å². The molecule has 0 bridgehead atoms. The van der Waals surface area contributed by atoms with Gasteiger partial charge in [-0.05, 0) is 38.7 Å². The van der Waals surface area contributed by atoms with E-state index in [1.807, 2.05) is 13.8 Å². The van der Waals surface area contributed by atoms with Crippen LogP contribution < -0.4 is 5.32 Å². The van der Waals surface area contributed by atoms with Crippen molar-refractivity contribution in [2.75, 3.05) is 0 Å². The van der Waals surface area contributed by atoms with Gasteiger partial charge in [0.2, 0.25) is 0 Å². The summed E-state index contributed by atoms with van der Waals surface area (Å²) in [4.78, 5) is 15.6. The molecule has 0 saturated heterocycles. The molecule has 1 aromatic heterocycles. The highest BCUT2D eigenvalue weighted by molar-refractivity contribution is 6.32. The number of halogens is 2. The second-order valence-corrected chi connectivity index (χ2v) is 5.30. The smallest absolute Gasteiger partial charge is 0.254 e. The fourth-order valence-corrected chi connectivity index (χ4v) is 2.04. The molecule has 1 amide bonds. The Morgan fingerprint density at radius 1 is 1.59 bits per heavy atom. The molecule has 1 aromatic rings. The molecule has 1 N–H and O–H groups in total. The molecule has 3 nitrogen and oxygen atoms in total. The van der Waals surface area contributed by atoms with E-state index in [0.29, 0.717) is 5.92 Å². The summed E-state index contributed by atoms with van der Waals surface area (Å²) >= 11 is 5.78. The number of hydrogen-bond acceptors (Lipinski definition) is 2. The third kappa shape index (κ3) is 2.75. The molecule has 1 aliphatic rings. The summed E-state index contributed by atoms with van der Waals surface area (Å²) in [5, 5.41) is 2.90. The lowest BCUT2D eigenvalue weighted by atomic mass is 9.98. The Balaban J connectivity index is 2.16. The van der Waals surface area contributed by atoms with Crippen LogP contribution in [0.5, 0.6) is 0 Å². The van der Waals surface area contributed by atoms with E-state index in [2.05, 4.69) is 10.3 Å². The second-order valence-electron chi connectivity index (χ2n) is 4.94. The summed E-state index contributed by atoms with van der Waals surface area (Å²) < 4.78 is 13.0. The minimum atomic E-state index is -0.566. The van der Waals surface area contributed by atoms with E-state index in [1.165, 1.54) is 0 Å². The van der Waals surface area contributed by atoms with Gasteiger partial charge in [0.25, 0.3) is 5.91 Å². The van der Waals surface area contributed by atoms with Gasteiger partial charge in [-0.2, -0.15) is 0 Å². The summed E-state index contributed by atoms with van der Waals surface area (Å²) in [5.41, 5.74) is -0.201. The summed E-state index contributed by atoms with van der Waals surface area (Å²) in [7, 11) is 0. The SMILES string of the molecule is CC(C)(NC(=O)c1cc(F)cnc1Cl)C1CC1. The topological polar surface area (TPSA) is 42.0 Å². The first-order valence-corrected chi connectivity index (χ1v) is 5.91. The monoisotopic (exact) mass is 256 g/mol. The maximum Gasteiger partial charge on any atom is 0.254 e. The molecule has 92 valence electrons. The van der Waals surface area contributed by atoms with Crippen molar-refractivity contribution in [3.05, 3.63) is 28.8 Å². The summed E-state index contributed by atoms with van der Waals surface area (Å²) in [6, 6.07) is 1.10. The molecule has 0 spiro atoms. The number of carbonyl (C=O) groups excluding carboxylic acids is 1.